The number of rotatable bonds is 7. The lowest BCUT2D eigenvalue weighted by atomic mass is 9.93. The van der Waals surface area contributed by atoms with E-state index in [-0.39, 0.29) is 18.0 Å². The molecule has 0 bridgehead atoms. The Morgan fingerprint density at radius 1 is 1.24 bits per heavy atom. The maximum Gasteiger partial charge on any atom is 0.318 e. The number of hydrogen-bond donors (Lipinski definition) is 0. The fourth-order valence-electron chi connectivity index (χ4n) is 6.54. The molecule has 9 heteroatoms. The van der Waals surface area contributed by atoms with E-state index in [2.05, 4.69) is 53.7 Å². The molecule has 3 aromatic rings. The highest BCUT2D eigenvalue weighted by atomic mass is 35.5. The average molecular weight is 590 g/mol. The number of benzene rings is 2. The van der Waals surface area contributed by atoms with Gasteiger partial charge >= 0.3 is 6.01 Å². The molecule has 7 nitrogen and oxygen atoms in total. The standard InChI is InChI=1S/C33H37ClFN5O2/c1-20-14-21(2)40(17-25(20)28(35)16-36-3)32-26-19-41-30(24-11-5-8-22-9-6-12-27(34)31(22)24)15-29(26)37-33(38-32)42-18-23-10-7-13-39(23)4/h5-6,8-9,11-12,16,21,23,30H,3,7,10,13-15,17-19H2,1-2,4H3/b28-16+/t21?,23-,30-/m0/s1. The van der Waals surface area contributed by atoms with Crippen molar-refractivity contribution in [3.8, 4) is 6.01 Å². The second-order valence-electron chi connectivity index (χ2n) is 11.6. The van der Waals surface area contributed by atoms with E-state index in [1.165, 1.54) is 6.20 Å². The van der Waals surface area contributed by atoms with Gasteiger partial charge in [0.1, 0.15) is 18.3 Å². The van der Waals surface area contributed by atoms with Gasteiger partial charge in [0.25, 0.3) is 0 Å². The first-order valence-corrected chi connectivity index (χ1v) is 15.0. The van der Waals surface area contributed by atoms with Gasteiger partial charge in [-0.25, -0.2) is 4.39 Å². The van der Waals surface area contributed by atoms with E-state index in [0.29, 0.717) is 55.2 Å². The quantitative estimate of drug-likeness (QED) is 0.277. The summed E-state index contributed by atoms with van der Waals surface area (Å²) in [6.07, 6.45) is 4.45. The summed E-state index contributed by atoms with van der Waals surface area (Å²) in [5.74, 6) is 0.369. The zero-order valence-electron chi connectivity index (χ0n) is 24.4. The van der Waals surface area contributed by atoms with Crippen LogP contribution in [0.15, 0.2) is 64.6 Å². The summed E-state index contributed by atoms with van der Waals surface area (Å²) in [6.45, 7) is 9.83. The topological polar surface area (TPSA) is 63.1 Å². The first kappa shape index (κ1) is 28.8. The summed E-state index contributed by atoms with van der Waals surface area (Å²) in [4.78, 5) is 18.0. The lowest BCUT2D eigenvalue weighted by Gasteiger charge is -2.38. The maximum atomic E-state index is 15.0. The number of likely N-dealkylation sites (tertiary alicyclic amines) is 1. The van der Waals surface area contributed by atoms with Crippen molar-refractivity contribution in [3.63, 3.8) is 0 Å². The minimum atomic E-state index is -0.368. The van der Waals surface area contributed by atoms with Gasteiger partial charge in [-0.05, 0) is 70.4 Å². The van der Waals surface area contributed by atoms with Crippen LogP contribution in [0.4, 0.5) is 10.2 Å². The van der Waals surface area contributed by atoms with E-state index in [1.54, 1.807) is 0 Å². The van der Waals surface area contributed by atoms with Crippen LogP contribution in [0.2, 0.25) is 5.02 Å². The van der Waals surface area contributed by atoms with E-state index >= 15 is 4.39 Å². The van der Waals surface area contributed by atoms with E-state index < -0.39 is 0 Å². The summed E-state index contributed by atoms with van der Waals surface area (Å²) >= 11 is 6.68. The molecule has 1 aromatic heterocycles. The number of halogens is 2. The van der Waals surface area contributed by atoms with Crippen molar-refractivity contribution in [1.29, 1.82) is 0 Å². The van der Waals surface area contributed by atoms with Gasteiger partial charge in [0.2, 0.25) is 0 Å². The molecule has 2 aromatic carbocycles. The van der Waals surface area contributed by atoms with E-state index in [4.69, 9.17) is 31.0 Å². The van der Waals surface area contributed by atoms with E-state index in [9.17, 15) is 0 Å². The second kappa shape index (κ2) is 12.1. The summed E-state index contributed by atoms with van der Waals surface area (Å²) in [5, 5.41) is 2.77. The Labute approximate surface area is 251 Å². The van der Waals surface area contributed by atoms with Crippen LogP contribution < -0.4 is 9.64 Å². The number of nitrogens with zero attached hydrogens (tertiary/aromatic N) is 5. The van der Waals surface area contributed by atoms with Gasteiger partial charge < -0.3 is 19.3 Å². The van der Waals surface area contributed by atoms with Crippen molar-refractivity contribution >= 4 is 34.9 Å². The largest absolute Gasteiger partial charge is 0.462 e. The van der Waals surface area contributed by atoms with Gasteiger partial charge in [-0.2, -0.15) is 9.97 Å². The van der Waals surface area contributed by atoms with Crippen LogP contribution in [0.1, 0.15) is 56.0 Å². The molecule has 42 heavy (non-hydrogen) atoms. The molecule has 3 aliphatic heterocycles. The third kappa shape index (κ3) is 5.55. The molecule has 0 N–H and O–H groups in total. The number of hydrogen-bond acceptors (Lipinski definition) is 7. The second-order valence-corrected chi connectivity index (χ2v) is 12.0. The Morgan fingerprint density at radius 3 is 2.81 bits per heavy atom. The van der Waals surface area contributed by atoms with Crippen molar-refractivity contribution in [2.45, 2.75) is 64.3 Å². The number of ether oxygens (including phenoxy) is 2. The maximum absolute atomic E-state index is 15.0. The van der Waals surface area contributed by atoms with Crippen molar-refractivity contribution < 1.29 is 13.9 Å². The van der Waals surface area contributed by atoms with Gasteiger partial charge in [-0.3, -0.25) is 4.99 Å². The van der Waals surface area contributed by atoms with Gasteiger partial charge in [0.05, 0.1) is 24.6 Å². The van der Waals surface area contributed by atoms with Crippen LogP contribution in [-0.4, -0.2) is 60.4 Å². The Bertz CT molecular complexity index is 1570. The summed E-state index contributed by atoms with van der Waals surface area (Å²) < 4.78 is 27.8. The fourth-order valence-corrected chi connectivity index (χ4v) is 6.83. The van der Waals surface area contributed by atoms with Crippen LogP contribution in [0.3, 0.4) is 0 Å². The van der Waals surface area contributed by atoms with Gasteiger partial charge in [0, 0.05) is 46.6 Å². The molecule has 1 saturated heterocycles. The van der Waals surface area contributed by atoms with E-state index in [0.717, 1.165) is 58.4 Å². The molecule has 0 aliphatic carbocycles. The monoisotopic (exact) mass is 589 g/mol. The van der Waals surface area contributed by atoms with Crippen molar-refractivity contribution in [1.82, 2.24) is 14.9 Å². The van der Waals surface area contributed by atoms with Crippen LogP contribution >= 0.6 is 11.6 Å². The van der Waals surface area contributed by atoms with Gasteiger partial charge in [0.15, 0.2) is 0 Å². The minimum Gasteiger partial charge on any atom is -0.462 e. The first-order valence-electron chi connectivity index (χ1n) is 14.6. The third-order valence-electron chi connectivity index (χ3n) is 8.91. The van der Waals surface area contributed by atoms with Crippen LogP contribution in [-0.2, 0) is 17.8 Å². The van der Waals surface area contributed by atoms with Crippen molar-refractivity contribution in [2.24, 2.45) is 4.99 Å². The first-order chi connectivity index (χ1) is 20.3. The zero-order chi connectivity index (χ0) is 29.4. The molecule has 0 radical (unpaired) electrons. The van der Waals surface area contributed by atoms with Gasteiger partial charge in [-0.1, -0.05) is 47.5 Å². The molecule has 0 amide bonds. The van der Waals surface area contributed by atoms with Crippen molar-refractivity contribution in [2.75, 3.05) is 31.6 Å². The lowest BCUT2D eigenvalue weighted by Crippen LogP contribution is -2.41. The highest BCUT2D eigenvalue weighted by molar-refractivity contribution is 6.35. The molecule has 3 aliphatic rings. The number of aliphatic imine (C=N–C) groups is 1. The highest BCUT2D eigenvalue weighted by Crippen LogP contribution is 2.41. The Kier molecular flexibility index (Phi) is 8.30. The predicted octanol–water partition coefficient (Wildman–Crippen LogP) is 7.00. The molecule has 6 rings (SSSR count). The van der Waals surface area contributed by atoms with E-state index in [1.807, 2.05) is 25.1 Å². The smallest absolute Gasteiger partial charge is 0.318 e. The van der Waals surface area contributed by atoms with Crippen LogP contribution in [0.5, 0.6) is 6.01 Å². The Hall–Kier alpha value is -3.33. The summed E-state index contributed by atoms with van der Waals surface area (Å²) in [5.41, 5.74) is 4.46. The molecule has 3 atom stereocenters. The lowest BCUT2D eigenvalue weighted by molar-refractivity contribution is 0.0265. The van der Waals surface area contributed by atoms with Crippen LogP contribution in [0, 0.1) is 0 Å². The number of likely N-dealkylation sites (N-methyl/N-ethyl adjacent to an activating group) is 1. The molecule has 220 valence electrons. The molecule has 0 saturated carbocycles. The normalized spacial score (nSPS) is 23.4. The Balaban J connectivity index is 1.38. The molecule has 1 fully saturated rings. The zero-order valence-corrected chi connectivity index (χ0v) is 25.2. The Morgan fingerprint density at radius 2 is 2.05 bits per heavy atom. The predicted molar refractivity (Wildman–Crippen MR) is 166 cm³/mol. The molecular weight excluding hydrogens is 553 g/mol. The third-order valence-corrected chi connectivity index (χ3v) is 9.22. The number of anilines is 1. The SMILES string of the molecule is C=N/C=C(/F)C1=C(C)CC(C)N(c2nc(OC[C@@H]3CCCN3C)nc3c2CO[C@H](c2cccc4cccc(Cl)c24)C3)C1. The van der Waals surface area contributed by atoms with Crippen molar-refractivity contribution in [3.05, 3.63) is 81.4 Å². The summed E-state index contributed by atoms with van der Waals surface area (Å²) in [7, 11) is 2.13. The number of fused-ring (bicyclic) bond motifs is 2. The average Bonchev–Trinajstić information content (AvgIpc) is 3.40. The fraction of sp³-hybridized carbons (Fsp3) is 0.424. The minimum absolute atomic E-state index is 0.0978. The molecule has 0 spiro atoms. The molecule has 1 unspecified atom stereocenters. The molecular formula is C33H37ClFN5O2. The molecule has 4 heterocycles. The highest BCUT2D eigenvalue weighted by Gasteiger charge is 2.34. The number of aromatic nitrogens is 2. The van der Waals surface area contributed by atoms with Crippen LogP contribution in [0.25, 0.3) is 10.8 Å². The van der Waals surface area contributed by atoms with Gasteiger partial charge in [-0.15, -0.1) is 0 Å². The summed E-state index contributed by atoms with van der Waals surface area (Å²) in [6, 6.07) is 12.9.